The van der Waals surface area contributed by atoms with Crippen LogP contribution in [0, 0.1) is 0 Å². The maximum atomic E-state index is 14.0. The number of rotatable bonds is 4. The summed E-state index contributed by atoms with van der Waals surface area (Å²) in [5.41, 5.74) is -2.36. The van der Waals surface area contributed by atoms with Gasteiger partial charge in [-0.1, -0.05) is 28.1 Å². The van der Waals surface area contributed by atoms with E-state index < -0.39 is 24.1 Å². The molecule has 2 aromatic carbocycles. The van der Waals surface area contributed by atoms with Crippen LogP contribution < -0.4 is 4.74 Å². The number of amides is 1. The molecule has 1 saturated heterocycles. The quantitative estimate of drug-likeness (QED) is 0.863. The molecule has 0 aromatic heterocycles. The normalized spacial score (nSPS) is 20.3. The molecule has 0 saturated carbocycles. The van der Waals surface area contributed by atoms with Crippen LogP contribution in [-0.4, -0.2) is 47.2 Å². The van der Waals surface area contributed by atoms with Gasteiger partial charge in [-0.05, 0) is 35.0 Å². The lowest BCUT2D eigenvalue weighted by Gasteiger charge is -2.18. The van der Waals surface area contributed by atoms with E-state index >= 15 is 0 Å². The Bertz CT molecular complexity index is 812. The number of fused-ring (bicyclic) bond motifs is 1. The van der Waals surface area contributed by atoms with E-state index in [0.717, 1.165) is 15.2 Å². The van der Waals surface area contributed by atoms with Crippen molar-refractivity contribution in [3.8, 4) is 5.75 Å². The molecule has 2 aromatic rings. The summed E-state index contributed by atoms with van der Waals surface area (Å²) in [5.74, 6) is -1.42. The van der Waals surface area contributed by atoms with Gasteiger partial charge in [-0.3, -0.25) is 4.79 Å². The number of alkyl halides is 1. The van der Waals surface area contributed by atoms with Crippen LogP contribution in [0.4, 0.5) is 4.39 Å². The van der Waals surface area contributed by atoms with Gasteiger partial charge in [0, 0.05) is 17.4 Å². The summed E-state index contributed by atoms with van der Waals surface area (Å²) in [7, 11) is 0. The Morgan fingerprint density at radius 3 is 2.67 bits per heavy atom. The van der Waals surface area contributed by atoms with Crippen molar-refractivity contribution in [1.82, 2.24) is 4.90 Å². The molecular weight excluding hydrogens is 381 g/mol. The summed E-state index contributed by atoms with van der Waals surface area (Å²) in [4.78, 5) is 24.1. The van der Waals surface area contributed by atoms with Gasteiger partial charge in [0.15, 0.2) is 6.61 Å². The molecule has 0 aliphatic carbocycles. The van der Waals surface area contributed by atoms with Crippen LogP contribution in [0.15, 0.2) is 40.9 Å². The largest absolute Gasteiger partial charge is 0.484 e. The fourth-order valence-electron chi connectivity index (χ4n) is 2.68. The Balaban J connectivity index is 1.62. The maximum Gasteiger partial charge on any atom is 0.343 e. The van der Waals surface area contributed by atoms with Crippen molar-refractivity contribution in [1.29, 1.82) is 0 Å². The number of carboxylic acid groups (broad SMARTS) is 1. The van der Waals surface area contributed by atoms with Gasteiger partial charge in [0.25, 0.3) is 5.91 Å². The van der Waals surface area contributed by atoms with Crippen LogP contribution in [0.25, 0.3) is 10.8 Å². The predicted molar refractivity (Wildman–Crippen MR) is 89.8 cm³/mol. The molecule has 1 amide bonds. The van der Waals surface area contributed by atoms with Crippen LogP contribution in [0.1, 0.15) is 6.42 Å². The second-order valence-electron chi connectivity index (χ2n) is 5.78. The summed E-state index contributed by atoms with van der Waals surface area (Å²) in [6.07, 6.45) is -0.196. The second-order valence-corrected chi connectivity index (χ2v) is 6.69. The third-order valence-corrected chi connectivity index (χ3v) is 4.58. The minimum Gasteiger partial charge on any atom is -0.484 e. The van der Waals surface area contributed by atoms with Gasteiger partial charge >= 0.3 is 5.97 Å². The van der Waals surface area contributed by atoms with Gasteiger partial charge in [-0.15, -0.1) is 0 Å². The Morgan fingerprint density at radius 2 is 1.96 bits per heavy atom. The molecule has 1 heterocycles. The smallest absolute Gasteiger partial charge is 0.343 e. The molecule has 1 aliphatic rings. The van der Waals surface area contributed by atoms with E-state index in [2.05, 4.69) is 15.9 Å². The summed E-state index contributed by atoms with van der Waals surface area (Å²) < 4.78 is 20.4. The van der Waals surface area contributed by atoms with Crippen molar-refractivity contribution >= 4 is 38.6 Å². The van der Waals surface area contributed by atoms with E-state index in [9.17, 15) is 14.0 Å². The monoisotopic (exact) mass is 395 g/mol. The van der Waals surface area contributed by atoms with Crippen LogP contribution in [0.3, 0.4) is 0 Å². The topological polar surface area (TPSA) is 66.8 Å². The van der Waals surface area contributed by atoms with E-state index in [1.807, 2.05) is 30.3 Å². The van der Waals surface area contributed by atoms with Gasteiger partial charge in [-0.2, -0.15) is 0 Å². The average Bonchev–Trinajstić information content (AvgIpc) is 2.96. The zero-order valence-electron chi connectivity index (χ0n) is 12.7. The number of aliphatic carboxylic acids is 1. The number of ether oxygens (including phenoxy) is 1. The molecule has 0 bridgehead atoms. The Morgan fingerprint density at radius 1 is 1.25 bits per heavy atom. The van der Waals surface area contributed by atoms with Crippen LogP contribution in [-0.2, 0) is 9.59 Å². The highest BCUT2D eigenvalue weighted by atomic mass is 79.9. The van der Waals surface area contributed by atoms with E-state index in [0.29, 0.717) is 5.75 Å². The molecule has 24 heavy (non-hydrogen) atoms. The first-order valence-electron chi connectivity index (χ1n) is 7.40. The fraction of sp³-hybridized carbons (Fsp3) is 0.294. The molecule has 1 atom stereocenters. The summed E-state index contributed by atoms with van der Waals surface area (Å²) in [6, 6.07) is 11.3. The molecule has 1 N–H and O–H groups in total. The number of hydrogen-bond acceptors (Lipinski definition) is 3. The van der Waals surface area contributed by atoms with Gasteiger partial charge in [-0.25, -0.2) is 9.18 Å². The van der Waals surface area contributed by atoms with Crippen LogP contribution >= 0.6 is 15.9 Å². The first-order valence-corrected chi connectivity index (χ1v) is 8.19. The van der Waals surface area contributed by atoms with Crippen molar-refractivity contribution in [3.63, 3.8) is 0 Å². The number of carbonyl (C=O) groups is 2. The van der Waals surface area contributed by atoms with Crippen molar-refractivity contribution in [2.75, 3.05) is 19.7 Å². The predicted octanol–water partition coefficient (Wildman–Crippen LogP) is 3.01. The maximum absolute atomic E-state index is 14.0. The second kappa shape index (κ2) is 6.39. The number of carboxylic acids is 1. The molecule has 5 nitrogen and oxygen atoms in total. The van der Waals surface area contributed by atoms with E-state index in [-0.39, 0.29) is 19.6 Å². The van der Waals surface area contributed by atoms with Crippen LogP contribution in [0.5, 0.6) is 5.75 Å². The number of nitrogens with zero attached hydrogens (tertiary/aromatic N) is 1. The van der Waals surface area contributed by atoms with Crippen molar-refractivity contribution < 1.29 is 23.8 Å². The molecule has 1 fully saturated rings. The van der Waals surface area contributed by atoms with Crippen molar-refractivity contribution in [3.05, 3.63) is 40.9 Å². The minimum atomic E-state index is -2.36. The van der Waals surface area contributed by atoms with E-state index in [1.165, 1.54) is 4.90 Å². The van der Waals surface area contributed by atoms with E-state index in [1.54, 1.807) is 6.07 Å². The average molecular weight is 396 g/mol. The standard InChI is InChI=1S/C17H15BrFNO4/c18-13-3-1-12-8-14(4-2-11(12)7-13)24-9-15(21)20-6-5-17(19,10-20)16(22)23/h1-4,7-8H,5-6,9-10H2,(H,22,23). The highest BCUT2D eigenvalue weighted by molar-refractivity contribution is 9.10. The first-order chi connectivity index (χ1) is 11.4. The Hall–Kier alpha value is -2.15. The summed E-state index contributed by atoms with van der Waals surface area (Å²) in [6.45, 7) is -0.606. The highest BCUT2D eigenvalue weighted by Gasteiger charge is 2.46. The van der Waals surface area contributed by atoms with Gasteiger partial charge in [0.2, 0.25) is 5.67 Å². The third-order valence-electron chi connectivity index (χ3n) is 4.09. The number of benzene rings is 2. The SMILES string of the molecule is O=C(COc1ccc2cc(Br)ccc2c1)N1CCC(F)(C(=O)O)C1. The molecule has 3 rings (SSSR count). The van der Waals surface area contributed by atoms with E-state index in [4.69, 9.17) is 9.84 Å². The minimum absolute atomic E-state index is 0.0801. The highest BCUT2D eigenvalue weighted by Crippen LogP contribution is 2.27. The zero-order valence-corrected chi connectivity index (χ0v) is 14.3. The summed E-state index contributed by atoms with van der Waals surface area (Å²) in [5, 5.41) is 10.9. The number of hydrogen-bond donors (Lipinski definition) is 1. The molecule has 1 aliphatic heterocycles. The lowest BCUT2D eigenvalue weighted by molar-refractivity contribution is -0.150. The van der Waals surface area contributed by atoms with Crippen LogP contribution in [0.2, 0.25) is 0 Å². The number of carbonyl (C=O) groups excluding carboxylic acids is 1. The first kappa shape index (κ1) is 16.7. The fourth-order valence-corrected chi connectivity index (χ4v) is 3.06. The zero-order chi connectivity index (χ0) is 17.3. The molecule has 7 heteroatoms. The molecule has 0 spiro atoms. The molecule has 0 radical (unpaired) electrons. The molecular formula is C17H15BrFNO4. The van der Waals surface area contributed by atoms with Gasteiger partial charge < -0.3 is 14.7 Å². The Labute approximate surface area is 146 Å². The number of likely N-dealkylation sites (tertiary alicyclic amines) is 1. The van der Waals surface area contributed by atoms with Crippen molar-refractivity contribution in [2.24, 2.45) is 0 Å². The number of halogens is 2. The van der Waals surface area contributed by atoms with Crippen molar-refractivity contribution in [2.45, 2.75) is 12.1 Å². The molecule has 126 valence electrons. The Kier molecular flexibility index (Phi) is 4.45. The van der Waals surface area contributed by atoms with Gasteiger partial charge in [0.1, 0.15) is 5.75 Å². The van der Waals surface area contributed by atoms with Gasteiger partial charge in [0.05, 0.1) is 6.54 Å². The lowest BCUT2D eigenvalue weighted by atomic mass is 10.1. The molecule has 1 unspecified atom stereocenters. The lowest BCUT2D eigenvalue weighted by Crippen LogP contribution is -2.40. The summed E-state index contributed by atoms with van der Waals surface area (Å²) >= 11 is 3.40. The third kappa shape index (κ3) is 3.36.